The molecule has 96 valence electrons. The normalized spacial score (nSPS) is 18.2. The summed E-state index contributed by atoms with van der Waals surface area (Å²) in [5.74, 6) is -0.314. The highest BCUT2D eigenvalue weighted by Gasteiger charge is 2.18. The Morgan fingerprint density at radius 2 is 2.12 bits per heavy atom. The largest absolute Gasteiger partial charge is 0.478 e. The summed E-state index contributed by atoms with van der Waals surface area (Å²) in [5.41, 5.74) is -0.0247. The number of hydrogen-bond donors (Lipinski definition) is 3. The smallest absolute Gasteiger partial charge is 0.347 e. The van der Waals surface area contributed by atoms with Gasteiger partial charge in [0, 0.05) is 7.05 Å². The molecule has 0 atom stereocenters. The molecule has 0 amide bonds. The molecule has 0 aliphatic heterocycles. The summed E-state index contributed by atoms with van der Waals surface area (Å²) < 4.78 is 5.52. The van der Waals surface area contributed by atoms with Gasteiger partial charge in [-0.05, 0) is 18.8 Å². The van der Waals surface area contributed by atoms with Crippen molar-refractivity contribution in [1.29, 1.82) is 0 Å². The van der Waals surface area contributed by atoms with E-state index in [1.54, 1.807) is 7.05 Å². The molecule has 0 spiro atoms. The van der Waals surface area contributed by atoms with Crippen molar-refractivity contribution in [3.8, 4) is 0 Å². The molecule has 1 fully saturated rings. The molecule has 0 heterocycles. The summed E-state index contributed by atoms with van der Waals surface area (Å²) >= 11 is 0. The van der Waals surface area contributed by atoms with E-state index in [9.17, 15) is 4.79 Å². The van der Waals surface area contributed by atoms with E-state index >= 15 is 0 Å². The van der Waals surface area contributed by atoms with Crippen LogP contribution >= 0.6 is 0 Å². The zero-order valence-corrected chi connectivity index (χ0v) is 10.2. The lowest BCUT2D eigenvalue weighted by atomic mass is 9.90. The van der Waals surface area contributed by atoms with Gasteiger partial charge >= 0.3 is 5.97 Å². The van der Waals surface area contributed by atoms with Crippen molar-refractivity contribution in [2.45, 2.75) is 32.1 Å². The molecule has 0 saturated heterocycles. The number of nitrogens with one attached hydrogen (secondary N) is 1. The van der Waals surface area contributed by atoms with Crippen LogP contribution in [-0.2, 0) is 9.53 Å². The lowest BCUT2D eigenvalue weighted by Crippen LogP contribution is -2.34. The van der Waals surface area contributed by atoms with Crippen molar-refractivity contribution in [3.63, 3.8) is 0 Å². The third-order valence-electron chi connectivity index (χ3n) is 3.06. The van der Waals surface area contributed by atoms with Crippen molar-refractivity contribution in [2.24, 2.45) is 5.92 Å². The molecule has 1 aliphatic carbocycles. The maximum atomic E-state index is 10.9. The van der Waals surface area contributed by atoms with E-state index < -0.39 is 5.97 Å². The molecule has 0 bridgehead atoms. The van der Waals surface area contributed by atoms with Gasteiger partial charge in [-0.15, -0.1) is 0 Å². The van der Waals surface area contributed by atoms with Crippen LogP contribution in [0.1, 0.15) is 32.1 Å². The number of carboxylic acids is 1. The van der Waals surface area contributed by atoms with Gasteiger partial charge in [0.15, 0.2) is 11.8 Å². The van der Waals surface area contributed by atoms with Gasteiger partial charge in [0.2, 0.25) is 5.88 Å². The van der Waals surface area contributed by atoms with Gasteiger partial charge in [0.1, 0.15) is 0 Å². The van der Waals surface area contributed by atoms with E-state index in [-0.39, 0.29) is 11.5 Å². The SMILES string of the molecule is CN/C(OCC1CCCCC1)=C(\C=[NH2+])C(=O)O. The molecule has 0 aromatic rings. The first-order valence-corrected chi connectivity index (χ1v) is 6.02. The molecule has 1 saturated carbocycles. The zero-order chi connectivity index (χ0) is 12.7. The lowest BCUT2D eigenvalue weighted by Gasteiger charge is -2.22. The molecule has 1 aliphatic rings. The van der Waals surface area contributed by atoms with Gasteiger partial charge in [-0.1, -0.05) is 19.3 Å². The highest BCUT2D eigenvalue weighted by atomic mass is 16.5. The molecule has 5 nitrogen and oxygen atoms in total. The Kier molecular flexibility index (Phi) is 5.52. The molecule has 0 aromatic heterocycles. The van der Waals surface area contributed by atoms with Gasteiger partial charge in [-0.3, -0.25) is 5.41 Å². The topological polar surface area (TPSA) is 84.1 Å². The van der Waals surface area contributed by atoms with Crippen LogP contribution in [0.5, 0.6) is 0 Å². The predicted octanol–water partition coefficient (Wildman–Crippen LogP) is -0.0712. The third kappa shape index (κ3) is 4.09. The van der Waals surface area contributed by atoms with Crippen LogP contribution < -0.4 is 10.7 Å². The van der Waals surface area contributed by atoms with Gasteiger partial charge < -0.3 is 15.2 Å². The van der Waals surface area contributed by atoms with E-state index in [0.717, 1.165) is 19.1 Å². The minimum Gasteiger partial charge on any atom is -0.478 e. The fraction of sp³-hybridized carbons (Fsp3) is 0.667. The maximum absolute atomic E-state index is 10.9. The standard InChI is InChI=1S/C12H20N2O3/c1-14-11(10(7-13)12(15)16)17-8-9-5-3-2-4-6-9/h7,9,13-14H,2-6,8H2,1H3,(H,15,16)/p+1/b11-10-,13-7?. The molecule has 17 heavy (non-hydrogen) atoms. The van der Waals surface area contributed by atoms with Crippen molar-refractivity contribution < 1.29 is 20.0 Å². The number of ether oxygens (including phenoxy) is 1. The van der Waals surface area contributed by atoms with Crippen LogP contribution in [0.15, 0.2) is 11.5 Å². The summed E-state index contributed by atoms with van der Waals surface area (Å²) in [5, 5.41) is 16.9. The Labute approximate surface area is 101 Å². The number of hydrogen-bond acceptors (Lipinski definition) is 3. The Morgan fingerprint density at radius 1 is 1.47 bits per heavy atom. The number of nitrogens with two attached hydrogens (primary N) is 1. The average Bonchev–Trinajstić information content (AvgIpc) is 2.35. The molecular formula is C12H21N2O3+. The van der Waals surface area contributed by atoms with Crippen LogP contribution in [0.2, 0.25) is 0 Å². The number of rotatable bonds is 6. The second-order valence-electron chi connectivity index (χ2n) is 4.28. The Bertz CT molecular complexity index is 307. The van der Waals surface area contributed by atoms with Crippen LogP contribution in [0.3, 0.4) is 0 Å². The van der Waals surface area contributed by atoms with Crippen LogP contribution in [-0.4, -0.2) is 30.9 Å². The van der Waals surface area contributed by atoms with E-state index in [2.05, 4.69) is 5.32 Å². The van der Waals surface area contributed by atoms with E-state index in [0.29, 0.717) is 12.5 Å². The van der Waals surface area contributed by atoms with Gasteiger partial charge in [-0.25, -0.2) is 4.79 Å². The van der Waals surface area contributed by atoms with Crippen molar-refractivity contribution in [1.82, 2.24) is 5.32 Å². The van der Waals surface area contributed by atoms with E-state index in [1.807, 2.05) is 0 Å². The second kappa shape index (κ2) is 6.93. The second-order valence-corrected chi connectivity index (χ2v) is 4.28. The number of carboxylic acid groups (broad SMARTS) is 1. The average molecular weight is 241 g/mol. The summed E-state index contributed by atoms with van der Waals surface area (Å²) in [6.07, 6.45) is 7.14. The molecule has 4 N–H and O–H groups in total. The zero-order valence-electron chi connectivity index (χ0n) is 10.2. The number of carbonyl (C=O) groups is 1. The van der Waals surface area contributed by atoms with Crippen molar-refractivity contribution in [3.05, 3.63) is 11.5 Å². The summed E-state index contributed by atoms with van der Waals surface area (Å²) in [4.78, 5) is 10.9. The molecule has 1 rings (SSSR count). The monoisotopic (exact) mass is 241 g/mol. The molecule has 0 radical (unpaired) electrons. The Balaban J connectivity index is 2.56. The lowest BCUT2D eigenvalue weighted by molar-refractivity contribution is -0.133. The van der Waals surface area contributed by atoms with Gasteiger partial charge in [0.05, 0.1) is 6.61 Å². The first kappa shape index (κ1) is 13.5. The first-order chi connectivity index (χ1) is 8.19. The molecular weight excluding hydrogens is 220 g/mol. The number of aliphatic carboxylic acids is 1. The summed E-state index contributed by atoms with van der Waals surface area (Å²) in [7, 11) is 1.63. The van der Waals surface area contributed by atoms with Gasteiger partial charge in [-0.2, -0.15) is 0 Å². The van der Waals surface area contributed by atoms with Crippen molar-refractivity contribution in [2.75, 3.05) is 13.7 Å². The van der Waals surface area contributed by atoms with Crippen molar-refractivity contribution >= 4 is 12.2 Å². The van der Waals surface area contributed by atoms with E-state index in [1.165, 1.54) is 19.3 Å². The maximum Gasteiger partial charge on any atom is 0.347 e. The highest BCUT2D eigenvalue weighted by molar-refractivity contribution is 6.06. The van der Waals surface area contributed by atoms with E-state index in [4.69, 9.17) is 15.3 Å². The van der Waals surface area contributed by atoms with Crippen LogP contribution in [0, 0.1) is 5.92 Å². The Morgan fingerprint density at radius 3 is 2.59 bits per heavy atom. The third-order valence-corrected chi connectivity index (χ3v) is 3.06. The first-order valence-electron chi connectivity index (χ1n) is 6.02. The highest BCUT2D eigenvalue weighted by Crippen LogP contribution is 2.24. The van der Waals surface area contributed by atoms with Crippen LogP contribution in [0.4, 0.5) is 0 Å². The predicted molar refractivity (Wildman–Crippen MR) is 64.2 cm³/mol. The van der Waals surface area contributed by atoms with Gasteiger partial charge in [0.25, 0.3) is 0 Å². The fourth-order valence-electron chi connectivity index (χ4n) is 2.08. The summed E-state index contributed by atoms with van der Waals surface area (Å²) in [6.45, 7) is 0.556. The minimum absolute atomic E-state index is 0.0247. The quantitative estimate of drug-likeness (QED) is 0.345. The molecule has 0 aromatic carbocycles. The molecule has 0 unspecified atom stereocenters. The molecule has 5 heteroatoms. The Hall–Kier alpha value is -1.52. The summed E-state index contributed by atoms with van der Waals surface area (Å²) in [6, 6.07) is 0. The van der Waals surface area contributed by atoms with Crippen LogP contribution in [0.25, 0.3) is 0 Å². The minimum atomic E-state index is -1.08. The fourth-order valence-corrected chi connectivity index (χ4v) is 2.08.